The Morgan fingerprint density at radius 1 is 0.853 bits per heavy atom. The van der Waals surface area contributed by atoms with Crippen LogP contribution < -0.4 is 0 Å². The number of non-ortho nitro benzene ring substituents is 2. The van der Waals surface area contributed by atoms with Crippen molar-refractivity contribution < 1.29 is 20.1 Å². The number of benzene rings is 2. The van der Waals surface area contributed by atoms with E-state index in [1.54, 1.807) is 12.3 Å². The number of aromatic hydroxyl groups is 2. The molecule has 2 N–H and O–H groups in total. The van der Waals surface area contributed by atoms with Crippen LogP contribution in [0.4, 0.5) is 11.4 Å². The highest BCUT2D eigenvalue weighted by Crippen LogP contribution is 2.22. The first-order valence-electron chi connectivity index (χ1n) is 10.2. The van der Waals surface area contributed by atoms with Crippen molar-refractivity contribution in [2.45, 2.75) is 6.42 Å². The lowest BCUT2D eigenvalue weighted by Crippen LogP contribution is -2.14. The predicted molar refractivity (Wildman–Crippen MR) is 126 cm³/mol. The zero-order valence-corrected chi connectivity index (χ0v) is 17.9. The highest BCUT2D eigenvalue weighted by Gasteiger charge is 2.12. The van der Waals surface area contributed by atoms with E-state index in [0.29, 0.717) is 6.42 Å². The number of phenols is 2. The van der Waals surface area contributed by atoms with Crippen LogP contribution in [0.1, 0.15) is 16.8 Å². The Hall–Kier alpha value is -4.67. The molecule has 3 rings (SSSR count). The maximum absolute atomic E-state index is 11.0. The molecule has 11 heteroatoms. The number of rotatable bonds is 10. The van der Waals surface area contributed by atoms with Gasteiger partial charge in [-0.2, -0.15) is 0 Å². The molecule has 0 aliphatic heterocycles. The summed E-state index contributed by atoms with van der Waals surface area (Å²) < 4.78 is 0. The second-order valence-electron chi connectivity index (χ2n) is 7.38. The van der Waals surface area contributed by atoms with Crippen LogP contribution in [0, 0.1) is 26.1 Å². The van der Waals surface area contributed by atoms with Gasteiger partial charge in [-0.3, -0.25) is 35.2 Å². The van der Waals surface area contributed by atoms with Gasteiger partial charge in [0.1, 0.15) is 11.5 Å². The Balaban J connectivity index is 1.76. The van der Waals surface area contributed by atoms with Gasteiger partial charge >= 0.3 is 0 Å². The number of hydrogen-bond acceptors (Lipinski definition) is 9. The summed E-state index contributed by atoms with van der Waals surface area (Å²) in [5, 5.41) is 41.8. The number of aliphatic imine (C=N–C) groups is 2. The summed E-state index contributed by atoms with van der Waals surface area (Å²) >= 11 is 0. The fraction of sp³-hybridized carbons (Fsp3) is 0.174. The maximum atomic E-state index is 11.0. The van der Waals surface area contributed by atoms with Crippen molar-refractivity contribution in [2.24, 2.45) is 15.9 Å². The molecule has 34 heavy (non-hydrogen) atoms. The Morgan fingerprint density at radius 2 is 1.38 bits per heavy atom. The molecule has 0 atom stereocenters. The summed E-state index contributed by atoms with van der Waals surface area (Å²) in [7, 11) is 0. The fourth-order valence-electron chi connectivity index (χ4n) is 3.12. The van der Waals surface area contributed by atoms with Crippen LogP contribution in [0.2, 0.25) is 0 Å². The molecule has 1 heterocycles. The molecule has 0 spiro atoms. The Kier molecular flexibility index (Phi) is 7.95. The summed E-state index contributed by atoms with van der Waals surface area (Å²) in [6.07, 6.45) is 4.92. The lowest BCUT2D eigenvalue weighted by molar-refractivity contribution is -0.385. The first-order valence-corrected chi connectivity index (χ1v) is 10.2. The molecule has 0 saturated heterocycles. The van der Waals surface area contributed by atoms with Crippen LogP contribution in [0.15, 0.2) is 70.8 Å². The Bertz CT molecular complexity index is 1150. The number of nitrogens with zero attached hydrogens (tertiary/aromatic N) is 5. The smallest absolute Gasteiger partial charge is 0.270 e. The number of aromatic nitrogens is 1. The minimum absolute atomic E-state index is 0.130. The summed E-state index contributed by atoms with van der Waals surface area (Å²) in [4.78, 5) is 33.8. The third-order valence-electron chi connectivity index (χ3n) is 4.86. The van der Waals surface area contributed by atoms with Gasteiger partial charge in [0, 0.05) is 78.7 Å². The highest BCUT2D eigenvalue weighted by atomic mass is 16.6. The van der Waals surface area contributed by atoms with Crippen molar-refractivity contribution in [3.05, 3.63) is 97.8 Å². The summed E-state index contributed by atoms with van der Waals surface area (Å²) in [6.45, 7) is 0.550. The standard InChI is InChI=1S/C23H21N5O6/c29-22-6-4-20(27(31)32)10-17(22)14-24-12-16(9-19-3-1-2-8-26-19)13-25-15-18-11-21(28(33)34)5-7-23(18)30/h1-8,10-11,14-16,29-30H,9,12-13H2. The van der Waals surface area contributed by atoms with Crippen LogP contribution in [0.25, 0.3) is 0 Å². The maximum Gasteiger partial charge on any atom is 0.270 e. The van der Waals surface area contributed by atoms with E-state index in [1.807, 2.05) is 12.1 Å². The zero-order valence-electron chi connectivity index (χ0n) is 17.9. The molecular weight excluding hydrogens is 442 g/mol. The van der Waals surface area contributed by atoms with Gasteiger partial charge < -0.3 is 10.2 Å². The third kappa shape index (κ3) is 6.66. The molecule has 0 fully saturated rings. The van der Waals surface area contributed by atoms with Crippen molar-refractivity contribution >= 4 is 23.8 Å². The Morgan fingerprint density at radius 3 is 1.82 bits per heavy atom. The van der Waals surface area contributed by atoms with Gasteiger partial charge in [-0.25, -0.2) is 0 Å². The largest absolute Gasteiger partial charge is 0.507 e. The predicted octanol–water partition coefficient (Wildman–Crippen LogP) is 3.71. The number of nitro groups is 2. The average molecular weight is 463 g/mol. The van der Waals surface area contributed by atoms with Crippen LogP contribution >= 0.6 is 0 Å². The first kappa shape index (κ1) is 24.0. The number of pyridine rings is 1. The molecule has 0 aliphatic carbocycles. The molecule has 3 aromatic rings. The minimum atomic E-state index is -0.557. The van der Waals surface area contributed by atoms with Crippen LogP contribution in [0.5, 0.6) is 11.5 Å². The third-order valence-corrected chi connectivity index (χ3v) is 4.86. The molecule has 0 bridgehead atoms. The van der Waals surface area contributed by atoms with Gasteiger partial charge in [-0.05, 0) is 30.7 Å². The van der Waals surface area contributed by atoms with Crippen LogP contribution in [-0.4, -0.2) is 50.6 Å². The number of phenolic OH excluding ortho intramolecular Hbond substituents is 2. The van der Waals surface area contributed by atoms with Gasteiger partial charge in [0.2, 0.25) is 0 Å². The van der Waals surface area contributed by atoms with E-state index < -0.39 is 9.85 Å². The molecule has 174 valence electrons. The zero-order chi connectivity index (χ0) is 24.5. The lowest BCUT2D eigenvalue weighted by atomic mass is 10.0. The van der Waals surface area contributed by atoms with Crippen molar-refractivity contribution in [3.8, 4) is 11.5 Å². The second kappa shape index (κ2) is 11.3. The van der Waals surface area contributed by atoms with Crippen molar-refractivity contribution in [3.63, 3.8) is 0 Å². The topological polar surface area (TPSA) is 164 Å². The Labute approximate surface area is 194 Å². The van der Waals surface area contributed by atoms with Crippen molar-refractivity contribution in [1.82, 2.24) is 4.98 Å². The van der Waals surface area contributed by atoms with Gasteiger partial charge in [0.05, 0.1) is 9.85 Å². The summed E-state index contributed by atoms with van der Waals surface area (Å²) in [5.41, 5.74) is 0.928. The van der Waals surface area contributed by atoms with E-state index >= 15 is 0 Å². The molecule has 0 amide bonds. The second-order valence-corrected chi connectivity index (χ2v) is 7.38. The van der Waals surface area contributed by atoms with E-state index in [4.69, 9.17) is 0 Å². The minimum Gasteiger partial charge on any atom is -0.507 e. The van der Waals surface area contributed by atoms with E-state index in [-0.39, 0.29) is 53.0 Å². The fourth-order valence-corrected chi connectivity index (χ4v) is 3.12. The normalized spacial score (nSPS) is 12.2. The van der Waals surface area contributed by atoms with Crippen LogP contribution in [0.3, 0.4) is 0 Å². The molecular formula is C23H21N5O6. The van der Waals surface area contributed by atoms with Crippen LogP contribution in [-0.2, 0) is 6.42 Å². The number of hydrogen-bond donors (Lipinski definition) is 2. The van der Waals surface area contributed by atoms with Crippen molar-refractivity contribution in [1.29, 1.82) is 0 Å². The monoisotopic (exact) mass is 463 g/mol. The SMILES string of the molecule is O=[N+]([O-])c1ccc(O)c(C=NCC(CN=Cc2cc([N+](=O)[O-])ccc2O)Cc2ccccn2)c1. The summed E-state index contributed by atoms with van der Waals surface area (Å²) in [6, 6.07) is 12.9. The first-order chi connectivity index (χ1) is 16.3. The van der Waals surface area contributed by atoms with E-state index in [1.165, 1.54) is 48.8 Å². The van der Waals surface area contributed by atoms with Gasteiger partial charge in [-0.15, -0.1) is 0 Å². The van der Waals surface area contributed by atoms with Gasteiger partial charge in [0.25, 0.3) is 11.4 Å². The number of nitro benzene ring substituents is 2. The lowest BCUT2D eigenvalue weighted by Gasteiger charge is -2.12. The van der Waals surface area contributed by atoms with E-state index in [9.17, 15) is 30.4 Å². The molecule has 0 aliphatic rings. The highest BCUT2D eigenvalue weighted by molar-refractivity contribution is 5.85. The molecule has 0 radical (unpaired) electrons. The van der Waals surface area contributed by atoms with Crippen molar-refractivity contribution in [2.75, 3.05) is 13.1 Å². The average Bonchev–Trinajstić information content (AvgIpc) is 2.81. The molecule has 0 saturated carbocycles. The van der Waals surface area contributed by atoms with Gasteiger partial charge in [0.15, 0.2) is 0 Å². The molecule has 11 nitrogen and oxygen atoms in total. The molecule has 2 aromatic carbocycles. The molecule has 0 unspecified atom stereocenters. The molecule has 1 aromatic heterocycles. The summed E-state index contributed by atoms with van der Waals surface area (Å²) in [5.74, 6) is -0.395. The van der Waals surface area contributed by atoms with E-state index in [0.717, 1.165) is 5.69 Å². The van der Waals surface area contributed by atoms with Gasteiger partial charge in [-0.1, -0.05) is 6.07 Å². The quantitative estimate of drug-likeness (QED) is 0.263. The van der Waals surface area contributed by atoms with E-state index in [2.05, 4.69) is 15.0 Å².